The molecule has 0 spiro atoms. The van der Waals surface area contributed by atoms with Crippen molar-refractivity contribution in [2.45, 2.75) is 13.8 Å². The van der Waals surface area contributed by atoms with Crippen LogP contribution in [-0.4, -0.2) is 12.1 Å². The number of allylic oxidation sites excluding steroid dienone is 1. The SMILES string of the molecule is Cc1cc(C(=O)NN=CC=C(Cl)c2ccccc2)c(C)o1. The molecule has 1 N–H and O–H groups in total. The average Bonchev–Trinajstić information content (AvgIpc) is 2.83. The largest absolute Gasteiger partial charge is 0.466 e. The number of hydrazone groups is 1. The lowest BCUT2D eigenvalue weighted by Crippen LogP contribution is -2.17. The Labute approximate surface area is 128 Å². The highest BCUT2D eigenvalue weighted by Gasteiger charge is 2.12. The highest BCUT2D eigenvalue weighted by atomic mass is 35.5. The van der Waals surface area contributed by atoms with Crippen LogP contribution in [0.5, 0.6) is 0 Å². The number of benzene rings is 1. The summed E-state index contributed by atoms with van der Waals surface area (Å²) in [5.41, 5.74) is 3.79. The van der Waals surface area contributed by atoms with Crippen LogP contribution in [0.25, 0.3) is 5.03 Å². The Morgan fingerprint density at radius 3 is 2.62 bits per heavy atom. The monoisotopic (exact) mass is 302 g/mol. The Morgan fingerprint density at radius 2 is 2.00 bits per heavy atom. The maximum absolute atomic E-state index is 11.9. The molecule has 0 saturated carbocycles. The minimum Gasteiger partial charge on any atom is -0.466 e. The van der Waals surface area contributed by atoms with E-state index in [0.717, 1.165) is 5.56 Å². The van der Waals surface area contributed by atoms with Crippen LogP contribution in [0.1, 0.15) is 27.4 Å². The number of furan rings is 1. The van der Waals surface area contributed by atoms with E-state index in [1.807, 2.05) is 30.3 Å². The maximum atomic E-state index is 11.9. The summed E-state index contributed by atoms with van der Waals surface area (Å²) in [6.45, 7) is 3.52. The van der Waals surface area contributed by atoms with Gasteiger partial charge in [0.1, 0.15) is 11.5 Å². The molecule has 0 saturated heterocycles. The van der Waals surface area contributed by atoms with Crippen molar-refractivity contribution in [3.63, 3.8) is 0 Å². The van der Waals surface area contributed by atoms with E-state index in [0.29, 0.717) is 22.1 Å². The molecule has 0 aliphatic rings. The first kappa shape index (κ1) is 15.1. The third-order valence-electron chi connectivity index (χ3n) is 2.80. The van der Waals surface area contributed by atoms with Crippen LogP contribution in [0.3, 0.4) is 0 Å². The smallest absolute Gasteiger partial charge is 0.274 e. The zero-order chi connectivity index (χ0) is 15.2. The molecule has 5 heteroatoms. The fourth-order valence-electron chi connectivity index (χ4n) is 1.81. The van der Waals surface area contributed by atoms with E-state index in [4.69, 9.17) is 16.0 Å². The predicted molar refractivity (Wildman–Crippen MR) is 84.4 cm³/mol. The van der Waals surface area contributed by atoms with Gasteiger partial charge in [-0.15, -0.1) is 0 Å². The van der Waals surface area contributed by atoms with Gasteiger partial charge in [0, 0.05) is 11.2 Å². The molecule has 108 valence electrons. The van der Waals surface area contributed by atoms with Crippen molar-refractivity contribution < 1.29 is 9.21 Å². The number of hydrogen-bond acceptors (Lipinski definition) is 3. The summed E-state index contributed by atoms with van der Waals surface area (Å²) in [4.78, 5) is 11.9. The summed E-state index contributed by atoms with van der Waals surface area (Å²) in [6, 6.07) is 11.2. The van der Waals surface area contributed by atoms with Crippen molar-refractivity contribution in [3.05, 3.63) is 65.1 Å². The third kappa shape index (κ3) is 4.07. The van der Waals surface area contributed by atoms with E-state index in [9.17, 15) is 4.79 Å². The van der Waals surface area contributed by atoms with Gasteiger partial charge in [-0.25, -0.2) is 5.43 Å². The van der Waals surface area contributed by atoms with Gasteiger partial charge in [0.15, 0.2) is 0 Å². The van der Waals surface area contributed by atoms with Crippen molar-refractivity contribution in [2.75, 3.05) is 0 Å². The number of amides is 1. The van der Waals surface area contributed by atoms with Gasteiger partial charge in [-0.3, -0.25) is 4.79 Å². The van der Waals surface area contributed by atoms with Gasteiger partial charge in [0.2, 0.25) is 0 Å². The summed E-state index contributed by atoms with van der Waals surface area (Å²) in [7, 11) is 0. The Hall–Kier alpha value is -2.33. The minimum absolute atomic E-state index is 0.315. The molecule has 2 rings (SSSR count). The molecular formula is C16H15ClN2O2. The zero-order valence-corrected chi connectivity index (χ0v) is 12.5. The number of carbonyl (C=O) groups excluding carboxylic acids is 1. The summed E-state index contributed by atoms with van der Waals surface area (Å²) in [5, 5.41) is 4.38. The van der Waals surface area contributed by atoms with Gasteiger partial charge in [-0.2, -0.15) is 5.10 Å². The molecule has 0 atom stereocenters. The number of nitrogens with zero attached hydrogens (tertiary/aromatic N) is 1. The van der Waals surface area contributed by atoms with E-state index in [1.165, 1.54) is 6.21 Å². The van der Waals surface area contributed by atoms with Crippen LogP contribution in [0.4, 0.5) is 0 Å². The standard InChI is InChI=1S/C16H15ClN2O2/c1-11-10-14(12(2)21-11)16(20)19-18-9-8-15(17)13-6-4-3-5-7-13/h3-10H,1-2H3,(H,19,20). The summed E-state index contributed by atoms with van der Waals surface area (Å²) in [5.74, 6) is 0.941. The molecule has 1 heterocycles. The first-order valence-corrected chi connectivity index (χ1v) is 6.77. The average molecular weight is 303 g/mol. The highest BCUT2D eigenvalue weighted by molar-refractivity contribution is 6.49. The van der Waals surface area contributed by atoms with Crippen LogP contribution >= 0.6 is 11.6 Å². The molecule has 21 heavy (non-hydrogen) atoms. The Bertz CT molecular complexity index is 688. The Morgan fingerprint density at radius 1 is 1.29 bits per heavy atom. The molecule has 0 bridgehead atoms. The van der Waals surface area contributed by atoms with E-state index < -0.39 is 0 Å². The first-order chi connectivity index (χ1) is 10.1. The number of aryl methyl sites for hydroxylation is 2. The number of hydrogen-bond donors (Lipinski definition) is 1. The van der Waals surface area contributed by atoms with Gasteiger partial charge >= 0.3 is 0 Å². The van der Waals surface area contributed by atoms with E-state index in [1.54, 1.807) is 26.0 Å². The quantitative estimate of drug-likeness (QED) is 0.688. The lowest BCUT2D eigenvalue weighted by atomic mass is 10.2. The third-order valence-corrected chi connectivity index (χ3v) is 3.14. The van der Waals surface area contributed by atoms with Crippen LogP contribution in [0.15, 0.2) is 52.0 Å². The van der Waals surface area contributed by atoms with Crippen molar-refractivity contribution in [2.24, 2.45) is 5.10 Å². The van der Waals surface area contributed by atoms with Crippen molar-refractivity contribution in [1.29, 1.82) is 0 Å². The van der Waals surface area contributed by atoms with Crippen LogP contribution in [0.2, 0.25) is 0 Å². The second-order valence-electron chi connectivity index (χ2n) is 4.43. The molecule has 0 aliphatic carbocycles. The van der Waals surface area contributed by atoms with Crippen molar-refractivity contribution >= 4 is 28.8 Å². The molecule has 0 fully saturated rings. The second kappa shape index (κ2) is 6.90. The second-order valence-corrected chi connectivity index (χ2v) is 4.83. The van der Waals surface area contributed by atoms with Crippen molar-refractivity contribution in [1.82, 2.24) is 5.43 Å². The van der Waals surface area contributed by atoms with E-state index >= 15 is 0 Å². The topological polar surface area (TPSA) is 54.6 Å². The lowest BCUT2D eigenvalue weighted by molar-refractivity contribution is 0.0953. The molecular weight excluding hydrogens is 288 g/mol. The molecule has 1 amide bonds. The summed E-state index contributed by atoms with van der Waals surface area (Å²) < 4.78 is 5.29. The fraction of sp³-hybridized carbons (Fsp3) is 0.125. The van der Waals surface area contributed by atoms with Gasteiger partial charge in [-0.1, -0.05) is 41.9 Å². The minimum atomic E-state index is -0.315. The summed E-state index contributed by atoms with van der Waals surface area (Å²) in [6.07, 6.45) is 3.06. The number of carbonyl (C=O) groups is 1. The lowest BCUT2D eigenvalue weighted by Gasteiger charge is -1.97. The molecule has 0 aliphatic heterocycles. The molecule has 4 nitrogen and oxygen atoms in total. The fourth-order valence-corrected chi connectivity index (χ4v) is 1.99. The normalized spacial score (nSPS) is 11.9. The Balaban J connectivity index is 1.97. The zero-order valence-electron chi connectivity index (χ0n) is 11.8. The van der Waals surface area contributed by atoms with E-state index in [2.05, 4.69) is 10.5 Å². The van der Waals surface area contributed by atoms with E-state index in [-0.39, 0.29) is 5.91 Å². The van der Waals surface area contributed by atoms with Gasteiger partial charge < -0.3 is 4.42 Å². The number of rotatable bonds is 4. The molecule has 0 radical (unpaired) electrons. The van der Waals surface area contributed by atoms with Crippen LogP contribution < -0.4 is 5.43 Å². The maximum Gasteiger partial charge on any atom is 0.274 e. The van der Waals surface area contributed by atoms with Crippen LogP contribution in [0, 0.1) is 13.8 Å². The highest BCUT2D eigenvalue weighted by Crippen LogP contribution is 2.17. The van der Waals surface area contributed by atoms with Gasteiger partial charge in [0.05, 0.1) is 5.56 Å². The van der Waals surface area contributed by atoms with Gasteiger partial charge in [-0.05, 0) is 31.6 Å². The molecule has 1 aromatic carbocycles. The Kier molecular flexibility index (Phi) is 4.95. The summed E-state index contributed by atoms with van der Waals surface area (Å²) >= 11 is 6.11. The molecule has 1 aromatic heterocycles. The molecule has 0 unspecified atom stereocenters. The number of nitrogens with one attached hydrogen (secondary N) is 1. The van der Waals surface area contributed by atoms with Crippen molar-refractivity contribution in [3.8, 4) is 0 Å². The predicted octanol–water partition coefficient (Wildman–Crippen LogP) is 3.89. The van der Waals surface area contributed by atoms with Gasteiger partial charge in [0.25, 0.3) is 5.91 Å². The molecule has 2 aromatic rings. The van der Waals surface area contributed by atoms with Crippen LogP contribution in [-0.2, 0) is 0 Å². The number of halogens is 1. The first-order valence-electron chi connectivity index (χ1n) is 6.39.